The summed E-state index contributed by atoms with van der Waals surface area (Å²) in [6.07, 6.45) is -0.806. The highest BCUT2D eigenvalue weighted by Crippen LogP contribution is 2.26. The maximum atomic E-state index is 12.1. The minimum atomic E-state index is -0.806. The van der Waals surface area contributed by atoms with E-state index in [-0.39, 0.29) is 30.8 Å². The molecule has 130 valence electrons. The highest BCUT2D eigenvalue weighted by atomic mass is 35.5. The van der Waals surface area contributed by atoms with E-state index in [0.29, 0.717) is 23.0 Å². The standard InChI is InChI=1S/C16H24N2O4.ClH/c1-10(12-7-17-8-12)16(20)18-9-15(19)11-4-13(21-2)6-14(5-11)22-3;/h4-6,10,12,15,17,19H,7-9H2,1-3H3,(H,18,20);1H. The van der Waals surface area contributed by atoms with Crippen LogP contribution < -0.4 is 20.1 Å². The quantitative estimate of drug-likeness (QED) is 0.691. The Labute approximate surface area is 143 Å². The first-order valence-corrected chi connectivity index (χ1v) is 7.44. The zero-order valence-corrected chi connectivity index (χ0v) is 14.5. The summed E-state index contributed by atoms with van der Waals surface area (Å²) >= 11 is 0. The van der Waals surface area contributed by atoms with E-state index in [9.17, 15) is 9.90 Å². The maximum Gasteiger partial charge on any atom is 0.223 e. The molecule has 0 spiro atoms. The smallest absolute Gasteiger partial charge is 0.223 e. The van der Waals surface area contributed by atoms with Crippen molar-refractivity contribution in [1.82, 2.24) is 10.6 Å². The molecule has 2 rings (SSSR count). The van der Waals surface area contributed by atoms with Crippen LogP contribution in [0.3, 0.4) is 0 Å². The zero-order chi connectivity index (χ0) is 16.1. The number of halogens is 1. The first kappa shape index (κ1) is 19.5. The molecule has 6 nitrogen and oxygen atoms in total. The number of ether oxygens (including phenoxy) is 2. The van der Waals surface area contributed by atoms with Gasteiger partial charge in [-0.25, -0.2) is 0 Å². The lowest BCUT2D eigenvalue weighted by molar-refractivity contribution is -0.127. The molecule has 0 aromatic heterocycles. The third-order valence-electron chi connectivity index (χ3n) is 4.16. The summed E-state index contributed by atoms with van der Waals surface area (Å²) in [7, 11) is 3.11. The van der Waals surface area contributed by atoms with Crippen LogP contribution in [0, 0.1) is 11.8 Å². The lowest BCUT2D eigenvalue weighted by Crippen LogP contribution is -2.50. The van der Waals surface area contributed by atoms with Crippen LogP contribution in [-0.2, 0) is 4.79 Å². The fourth-order valence-corrected chi connectivity index (χ4v) is 2.38. The molecule has 1 aromatic rings. The van der Waals surface area contributed by atoms with Gasteiger partial charge in [0.15, 0.2) is 0 Å². The highest BCUT2D eigenvalue weighted by Gasteiger charge is 2.28. The van der Waals surface area contributed by atoms with Crippen LogP contribution in [0.15, 0.2) is 18.2 Å². The molecule has 0 aliphatic carbocycles. The number of hydrogen-bond donors (Lipinski definition) is 3. The molecule has 1 heterocycles. The molecule has 7 heteroatoms. The Bertz CT molecular complexity index is 501. The molecule has 1 fully saturated rings. The SMILES string of the molecule is COc1cc(OC)cc(C(O)CNC(=O)C(C)C2CNC2)c1.Cl. The third kappa shape index (κ3) is 4.99. The van der Waals surface area contributed by atoms with Crippen LogP contribution in [0.25, 0.3) is 0 Å². The monoisotopic (exact) mass is 344 g/mol. The number of amides is 1. The summed E-state index contributed by atoms with van der Waals surface area (Å²) in [5.41, 5.74) is 0.648. The number of nitrogens with one attached hydrogen (secondary N) is 2. The van der Waals surface area contributed by atoms with Crippen LogP contribution in [0.2, 0.25) is 0 Å². The summed E-state index contributed by atoms with van der Waals surface area (Å²) < 4.78 is 10.4. The summed E-state index contributed by atoms with van der Waals surface area (Å²) in [5, 5.41) is 16.2. The molecule has 1 amide bonds. The van der Waals surface area contributed by atoms with E-state index < -0.39 is 6.10 Å². The van der Waals surface area contributed by atoms with Crippen LogP contribution in [0.4, 0.5) is 0 Å². The van der Waals surface area contributed by atoms with Crippen molar-refractivity contribution in [3.8, 4) is 11.5 Å². The van der Waals surface area contributed by atoms with E-state index in [4.69, 9.17) is 9.47 Å². The first-order valence-electron chi connectivity index (χ1n) is 7.44. The Morgan fingerprint density at radius 2 is 1.87 bits per heavy atom. The van der Waals surface area contributed by atoms with E-state index in [1.807, 2.05) is 6.92 Å². The van der Waals surface area contributed by atoms with E-state index in [1.165, 1.54) is 0 Å². The number of hydrogen-bond acceptors (Lipinski definition) is 5. The Kier molecular flexibility index (Phi) is 7.61. The third-order valence-corrected chi connectivity index (χ3v) is 4.16. The van der Waals surface area contributed by atoms with Crippen molar-refractivity contribution < 1.29 is 19.4 Å². The predicted molar refractivity (Wildman–Crippen MR) is 90.3 cm³/mol. The van der Waals surface area contributed by atoms with E-state index in [0.717, 1.165) is 13.1 Å². The summed E-state index contributed by atoms with van der Waals surface area (Å²) in [6, 6.07) is 5.21. The molecule has 2 atom stereocenters. The average Bonchev–Trinajstić information content (AvgIpc) is 2.49. The second-order valence-corrected chi connectivity index (χ2v) is 5.61. The highest BCUT2D eigenvalue weighted by molar-refractivity contribution is 5.85. The lowest BCUT2D eigenvalue weighted by Gasteiger charge is -2.31. The molecular formula is C16H25ClN2O4. The number of methoxy groups -OCH3 is 2. The second kappa shape index (κ2) is 8.96. The van der Waals surface area contributed by atoms with Crippen LogP contribution in [0.5, 0.6) is 11.5 Å². The van der Waals surface area contributed by atoms with Gasteiger partial charge in [0.1, 0.15) is 11.5 Å². The van der Waals surface area contributed by atoms with Crippen molar-refractivity contribution in [2.24, 2.45) is 11.8 Å². The van der Waals surface area contributed by atoms with Crippen molar-refractivity contribution in [3.63, 3.8) is 0 Å². The van der Waals surface area contributed by atoms with Crippen molar-refractivity contribution in [1.29, 1.82) is 0 Å². The number of rotatable bonds is 7. The first-order chi connectivity index (χ1) is 10.5. The topological polar surface area (TPSA) is 79.8 Å². The van der Waals surface area contributed by atoms with Gasteiger partial charge in [-0.2, -0.15) is 0 Å². The minimum Gasteiger partial charge on any atom is -0.497 e. The van der Waals surface area contributed by atoms with E-state index in [1.54, 1.807) is 32.4 Å². The van der Waals surface area contributed by atoms with Crippen molar-refractivity contribution in [2.45, 2.75) is 13.0 Å². The van der Waals surface area contributed by atoms with Gasteiger partial charge < -0.3 is 25.2 Å². The molecule has 0 saturated carbocycles. The zero-order valence-electron chi connectivity index (χ0n) is 13.7. The van der Waals surface area contributed by atoms with Gasteiger partial charge in [-0.3, -0.25) is 4.79 Å². The van der Waals surface area contributed by atoms with Gasteiger partial charge >= 0.3 is 0 Å². The van der Waals surface area contributed by atoms with Crippen molar-refractivity contribution in [2.75, 3.05) is 33.9 Å². The molecule has 1 aliphatic heterocycles. The predicted octanol–water partition coefficient (Wildman–Crippen LogP) is 1.13. The number of carbonyl (C=O) groups excluding carboxylic acids is 1. The van der Waals surface area contributed by atoms with Gasteiger partial charge in [0, 0.05) is 18.5 Å². The maximum absolute atomic E-state index is 12.1. The van der Waals surface area contributed by atoms with Gasteiger partial charge in [0.2, 0.25) is 5.91 Å². The number of aliphatic hydroxyl groups excluding tert-OH is 1. The number of aliphatic hydroxyl groups is 1. The molecule has 3 N–H and O–H groups in total. The van der Waals surface area contributed by atoms with Gasteiger partial charge in [0.05, 0.1) is 20.3 Å². The Balaban J connectivity index is 0.00000264. The fraction of sp³-hybridized carbons (Fsp3) is 0.562. The van der Waals surface area contributed by atoms with Crippen molar-refractivity contribution >= 4 is 18.3 Å². The molecule has 0 radical (unpaired) electrons. The van der Waals surface area contributed by atoms with Crippen LogP contribution in [0.1, 0.15) is 18.6 Å². The molecule has 1 saturated heterocycles. The molecule has 1 aromatic carbocycles. The van der Waals surface area contributed by atoms with Gasteiger partial charge in [-0.15, -0.1) is 12.4 Å². The largest absolute Gasteiger partial charge is 0.497 e. The molecular weight excluding hydrogens is 320 g/mol. The van der Waals surface area contributed by atoms with E-state index in [2.05, 4.69) is 10.6 Å². The average molecular weight is 345 g/mol. The molecule has 0 bridgehead atoms. The van der Waals surface area contributed by atoms with Gasteiger partial charge in [0.25, 0.3) is 0 Å². The van der Waals surface area contributed by atoms with E-state index >= 15 is 0 Å². The molecule has 23 heavy (non-hydrogen) atoms. The molecule has 1 aliphatic rings. The lowest BCUT2D eigenvalue weighted by atomic mass is 9.88. The Morgan fingerprint density at radius 3 is 2.30 bits per heavy atom. The number of benzene rings is 1. The summed E-state index contributed by atoms with van der Waals surface area (Å²) in [6.45, 7) is 3.84. The fourth-order valence-electron chi connectivity index (χ4n) is 2.38. The Hall–Kier alpha value is -1.50. The minimum absolute atomic E-state index is 0. The van der Waals surface area contributed by atoms with Crippen molar-refractivity contribution in [3.05, 3.63) is 23.8 Å². The van der Waals surface area contributed by atoms with Gasteiger partial charge in [-0.1, -0.05) is 6.92 Å². The second-order valence-electron chi connectivity index (χ2n) is 5.61. The van der Waals surface area contributed by atoms with Gasteiger partial charge in [-0.05, 0) is 36.7 Å². The van der Waals surface area contributed by atoms with Crippen LogP contribution >= 0.6 is 12.4 Å². The molecule has 2 unspecified atom stereocenters. The summed E-state index contributed by atoms with van der Waals surface area (Å²) in [5.74, 6) is 1.52. The normalized spacial score (nSPS) is 16.5. The van der Waals surface area contributed by atoms with Crippen LogP contribution in [-0.4, -0.2) is 44.9 Å². The Morgan fingerprint density at radius 1 is 1.30 bits per heavy atom. The summed E-state index contributed by atoms with van der Waals surface area (Å²) in [4.78, 5) is 12.1. The number of carbonyl (C=O) groups is 1.